The Bertz CT molecular complexity index is 567. The van der Waals surface area contributed by atoms with E-state index in [2.05, 4.69) is 42.6 Å². The summed E-state index contributed by atoms with van der Waals surface area (Å²) in [6.07, 6.45) is 0. The molecule has 100 valence electrons. The molecule has 0 fully saturated rings. The molecule has 2 aromatic rings. The number of likely N-dealkylation sites (N-methyl/N-ethyl adjacent to an activating group) is 1. The number of hydrogen-bond acceptors (Lipinski definition) is 3. The lowest BCUT2D eigenvalue weighted by Crippen LogP contribution is -2.26. The number of thioether (sulfide) groups is 1. The summed E-state index contributed by atoms with van der Waals surface area (Å²) < 4.78 is 0.872. The van der Waals surface area contributed by atoms with Crippen molar-refractivity contribution in [3.8, 4) is 0 Å². The molecule has 2 heterocycles. The van der Waals surface area contributed by atoms with E-state index in [4.69, 9.17) is 11.6 Å². The predicted molar refractivity (Wildman–Crippen MR) is 85.7 cm³/mol. The normalized spacial score (nSPS) is 19.4. The molecule has 1 aromatic carbocycles. The maximum atomic E-state index is 6.10. The highest BCUT2D eigenvalue weighted by molar-refractivity contribution is 7.99. The van der Waals surface area contributed by atoms with Crippen molar-refractivity contribution < 1.29 is 0 Å². The first kappa shape index (κ1) is 13.5. The SMILES string of the molecule is CCNC(c1ccc(Cl)s1)C1CSc2ccccc21. The molecule has 2 unspecified atom stereocenters. The second-order valence-corrected chi connectivity index (χ2v) is 7.44. The highest BCUT2D eigenvalue weighted by atomic mass is 35.5. The van der Waals surface area contributed by atoms with E-state index in [0.29, 0.717) is 12.0 Å². The molecule has 1 aromatic heterocycles. The Kier molecular flexibility index (Phi) is 4.18. The summed E-state index contributed by atoms with van der Waals surface area (Å²) in [4.78, 5) is 2.77. The maximum absolute atomic E-state index is 6.10. The molecular weight excluding hydrogens is 294 g/mol. The van der Waals surface area contributed by atoms with Crippen LogP contribution in [0.15, 0.2) is 41.3 Å². The van der Waals surface area contributed by atoms with Gasteiger partial charge in [0.15, 0.2) is 0 Å². The Balaban J connectivity index is 1.94. The molecule has 3 rings (SSSR count). The van der Waals surface area contributed by atoms with Gasteiger partial charge in [0, 0.05) is 27.5 Å². The van der Waals surface area contributed by atoms with Crippen molar-refractivity contribution in [3.05, 3.63) is 51.2 Å². The van der Waals surface area contributed by atoms with Gasteiger partial charge >= 0.3 is 0 Å². The fraction of sp³-hybridized carbons (Fsp3) is 0.333. The second-order valence-electron chi connectivity index (χ2n) is 4.63. The van der Waals surface area contributed by atoms with Crippen LogP contribution in [-0.2, 0) is 0 Å². The third kappa shape index (κ3) is 2.70. The fourth-order valence-corrected chi connectivity index (χ4v) is 5.11. The minimum atomic E-state index is 0.374. The number of benzene rings is 1. The van der Waals surface area contributed by atoms with Gasteiger partial charge in [0.1, 0.15) is 0 Å². The van der Waals surface area contributed by atoms with E-state index in [9.17, 15) is 0 Å². The van der Waals surface area contributed by atoms with E-state index in [-0.39, 0.29) is 0 Å². The molecule has 0 saturated heterocycles. The number of rotatable bonds is 4. The summed E-state index contributed by atoms with van der Waals surface area (Å²) in [5, 5.41) is 3.63. The molecule has 0 spiro atoms. The number of halogens is 1. The Morgan fingerprint density at radius 3 is 2.89 bits per heavy atom. The Morgan fingerprint density at radius 2 is 2.16 bits per heavy atom. The summed E-state index contributed by atoms with van der Waals surface area (Å²) in [6, 6.07) is 13.3. The van der Waals surface area contributed by atoms with E-state index < -0.39 is 0 Å². The Hall–Kier alpha value is -0.480. The third-order valence-electron chi connectivity index (χ3n) is 3.46. The van der Waals surface area contributed by atoms with Gasteiger partial charge in [-0.2, -0.15) is 0 Å². The van der Waals surface area contributed by atoms with Crippen LogP contribution in [0.2, 0.25) is 4.34 Å². The average Bonchev–Trinajstić information content (AvgIpc) is 3.03. The van der Waals surface area contributed by atoms with Gasteiger partial charge in [-0.1, -0.05) is 36.7 Å². The molecule has 0 bridgehead atoms. The second kappa shape index (κ2) is 5.88. The molecule has 1 nitrogen and oxygen atoms in total. The molecule has 0 aliphatic carbocycles. The van der Waals surface area contributed by atoms with Crippen molar-refractivity contribution in [2.45, 2.75) is 23.8 Å². The van der Waals surface area contributed by atoms with E-state index in [1.807, 2.05) is 17.8 Å². The average molecular weight is 310 g/mol. The largest absolute Gasteiger partial charge is 0.309 e. The van der Waals surface area contributed by atoms with Crippen LogP contribution in [0.3, 0.4) is 0 Å². The first-order valence-corrected chi connectivity index (χ1v) is 8.68. The molecule has 0 saturated carbocycles. The smallest absolute Gasteiger partial charge is 0.0931 e. The molecule has 4 heteroatoms. The van der Waals surface area contributed by atoms with Crippen molar-refractivity contribution in [1.82, 2.24) is 5.32 Å². The van der Waals surface area contributed by atoms with Crippen LogP contribution < -0.4 is 5.32 Å². The maximum Gasteiger partial charge on any atom is 0.0931 e. The lowest BCUT2D eigenvalue weighted by atomic mass is 9.92. The zero-order valence-electron chi connectivity index (χ0n) is 10.7. The van der Waals surface area contributed by atoms with E-state index in [1.54, 1.807) is 11.3 Å². The summed E-state index contributed by atoms with van der Waals surface area (Å²) in [5.41, 5.74) is 1.47. The van der Waals surface area contributed by atoms with Gasteiger partial charge in [-0.05, 0) is 30.3 Å². The number of nitrogens with one attached hydrogen (secondary N) is 1. The fourth-order valence-electron chi connectivity index (χ4n) is 2.62. The predicted octanol–water partition coefficient (Wildman–Crippen LogP) is 4.94. The molecule has 2 atom stereocenters. The van der Waals surface area contributed by atoms with Crippen molar-refractivity contribution >= 4 is 34.7 Å². The first-order chi connectivity index (χ1) is 9.29. The van der Waals surface area contributed by atoms with E-state index in [1.165, 1.54) is 15.3 Å². The van der Waals surface area contributed by atoms with Crippen LogP contribution in [0.5, 0.6) is 0 Å². The molecule has 19 heavy (non-hydrogen) atoms. The Morgan fingerprint density at radius 1 is 1.32 bits per heavy atom. The van der Waals surface area contributed by atoms with Gasteiger partial charge in [-0.15, -0.1) is 23.1 Å². The summed E-state index contributed by atoms with van der Waals surface area (Å²) >= 11 is 9.75. The quantitative estimate of drug-likeness (QED) is 0.858. The van der Waals surface area contributed by atoms with Gasteiger partial charge in [0.25, 0.3) is 0 Å². The van der Waals surface area contributed by atoms with E-state index >= 15 is 0 Å². The summed E-state index contributed by atoms with van der Waals surface area (Å²) in [6.45, 7) is 3.14. The minimum Gasteiger partial charge on any atom is -0.309 e. The monoisotopic (exact) mass is 309 g/mol. The molecular formula is C15H16ClNS2. The molecule has 0 radical (unpaired) electrons. The zero-order valence-corrected chi connectivity index (χ0v) is 13.1. The molecule has 1 aliphatic heterocycles. The van der Waals surface area contributed by atoms with Gasteiger partial charge in [0.2, 0.25) is 0 Å². The Labute approximate surface area is 127 Å². The highest BCUT2D eigenvalue weighted by Crippen LogP contribution is 2.46. The van der Waals surface area contributed by atoms with E-state index in [0.717, 1.165) is 16.6 Å². The molecule has 1 N–H and O–H groups in total. The zero-order chi connectivity index (χ0) is 13.2. The van der Waals surface area contributed by atoms with Crippen molar-refractivity contribution in [1.29, 1.82) is 0 Å². The van der Waals surface area contributed by atoms with Gasteiger partial charge in [-0.3, -0.25) is 0 Å². The lowest BCUT2D eigenvalue weighted by Gasteiger charge is -2.23. The van der Waals surface area contributed by atoms with Crippen LogP contribution >= 0.6 is 34.7 Å². The lowest BCUT2D eigenvalue weighted by molar-refractivity contribution is 0.492. The van der Waals surface area contributed by atoms with Crippen LogP contribution in [0, 0.1) is 0 Å². The highest BCUT2D eigenvalue weighted by Gasteiger charge is 2.31. The molecule has 0 amide bonds. The van der Waals surface area contributed by atoms with Crippen molar-refractivity contribution in [2.24, 2.45) is 0 Å². The van der Waals surface area contributed by atoms with Crippen LogP contribution in [0.1, 0.15) is 29.3 Å². The standard InChI is InChI=1S/C15H16ClNS2/c1-2-17-15(13-7-8-14(16)19-13)11-9-18-12-6-4-3-5-10(11)12/h3-8,11,15,17H,2,9H2,1H3. The topological polar surface area (TPSA) is 12.0 Å². The number of thiophene rings is 1. The van der Waals surface area contributed by atoms with Crippen molar-refractivity contribution in [3.63, 3.8) is 0 Å². The van der Waals surface area contributed by atoms with Crippen LogP contribution in [0.25, 0.3) is 0 Å². The van der Waals surface area contributed by atoms with Gasteiger partial charge in [0.05, 0.1) is 4.34 Å². The van der Waals surface area contributed by atoms with Crippen molar-refractivity contribution in [2.75, 3.05) is 12.3 Å². The van der Waals surface area contributed by atoms with Crippen LogP contribution in [-0.4, -0.2) is 12.3 Å². The van der Waals surface area contributed by atoms with Gasteiger partial charge in [-0.25, -0.2) is 0 Å². The summed E-state index contributed by atoms with van der Waals surface area (Å²) in [5.74, 6) is 1.68. The number of hydrogen-bond donors (Lipinski definition) is 1. The number of fused-ring (bicyclic) bond motifs is 1. The van der Waals surface area contributed by atoms with Crippen LogP contribution in [0.4, 0.5) is 0 Å². The third-order valence-corrected chi connectivity index (χ3v) is 5.99. The summed E-state index contributed by atoms with van der Waals surface area (Å²) in [7, 11) is 0. The minimum absolute atomic E-state index is 0.374. The van der Waals surface area contributed by atoms with Gasteiger partial charge < -0.3 is 5.32 Å². The first-order valence-electron chi connectivity index (χ1n) is 6.50. The molecule has 1 aliphatic rings.